The summed E-state index contributed by atoms with van der Waals surface area (Å²) in [4.78, 5) is 20.3. The summed E-state index contributed by atoms with van der Waals surface area (Å²) in [5.41, 5.74) is 0.794. The van der Waals surface area contributed by atoms with Gasteiger partial charge in [-0.15, -0.1) is 11.3 Å². The molecule has 1 saturated carbocycles. The van der Waals surface area contributed by atoms with Gasteiger partial charge in [0.1, 0.15) is 5.69 Å². The van der Waals surface area contributed by atoms with Crippen molar-refractivity contribution < 1.29 is 4.79 Å². The molecule has 0 spiro atoms. The second kappa shape index (κ2) is 5.14. The molecule has 4 rings (SSSR count). The van der Waals surface area contributed by atoms with Crippen molar-refractivity contribution in [3.8, 4) is 0 Å². The first-order valence-corrected chi connectivity index (χ1v) is 8.91. The number of thiazole rings is 1. The SMILES string of the molecule is O=C1CCCc2sc(N3CCC4CCCCC4C3)nc21. The Morgan fingerprint density at radius 2 is 1.90 bits per heavy atom. The molecule has 4 heteroatoms. The Labute approximate surface area is 124 Å². The van der Waals surface area contributed by atoms with Crippen LogP contribution in [0.5, 0.6) is 0 Å². The van der Waals surface area contributed by atoms with Crippen LogP contribution in [-0.4, -0.2) is 23.9 Å². The van der Waals surface area contributed by atoms with E-state index in [1.54, 1.807) is 11.3 Å². The Bertz CT molecular complexity index is 525. The summed E-state index contributed by atoms with van der Waals surface area (Å²) in [7, 11) is 0. The summed E-state index contributed by atoms with van der Waals surface area (Å²) in [6.45, 7) is 2.31. The number of ketones is 1. The van der Waals surface area contributed by atoms with Crippen LogP contribution in [0.4, 0.5) is 5.13 Å². The van der Waals surface area contributed by atoms with E-state index >= 15 is 0 Å². The van der Waals surface area contributed by atoms with E-state index in [4.69, 9.17) is 0 Å². The summed E-state index contributed by atoms with van der Waals surface area (Å²) >= 11 is 1.78. The molecular weight excluding hydrogens is 268 g/mol. The fourth-order valence-corrected chi connectivity index (χ4v) is 5.32. The van der Waals surface area contributed by atoms with E-state index in [0.717, 1.165) is 42.0 Å². The molecule has 20 heavy (non-hydrogen) atoms. The zero-order chi connectivity index (χ0) is 13.5. The summed E-state index contributed by atoms with van der Waals surface area (Å²) in [6, 6.07) is 0. The second-order valence-electron chi connectivity index (χ2n) is 6.58. The molecule has 0 bridgehead atoms. The van der Waals surface area contributed by atoms with Gasteiger partial charge >= 0.3 is 0 Å². The first-order chi connectivity index (χ1) is 9.81. The van der Waals surface area contributed by atoms with Crippen LogP contribution in [0.1, 0.15) is 60.3 Å². The van der Waals surface area contributed by atoms with Crippen molar-refractivity contribution in [2.45, 2.75) is 51.4 Å². The van der Waals surface area contributed by atoms with E-state index in [2.05, 4.69) is 9.88 Å². The van der Waals surface area contributed by atoms with Gasteiger partial charge in [0.15, 0.2) is 10.9 Å². The van der Waals surface area contributed by atoms with Crippen molar-refractivity contribution in [3.63, 3.8) is 0 Å². The van der Waals surface area contributed by atoms with E-state index in [1.807, 2.05) is 0 Å². The summed E-state index contributed by atoms with van der Waals surface area (Å²) in [6.07, 6.45) is 9.75. The zero-order valence-electron chi connectivity index (χ0n) is 11.9. The molecule has 2 fully saturated rings. The molecule has 1 aliphatic heterocycles. The molecule has 2 heterocycles. The first kappa shape index (κ1) is 12.8. The van der Waals surface area contributed by atoms with E-state index in [0.29, 0.717) is 6.42 Å². The minimum atomic E-state index is 0.265. The Morgan fingerprint density at radius 1 is 1.05 bits per heavy atom. The van der Waals surface area contributed by atoms with Gasteiger partial charge in [0.25, 0.3) is 0 Å². The number of piperidine rings is 1. The highest BCUT2D eigenvalue weighted by Crippen LogP contribution is 2.39. The van der Waals surface area contributed by atoms with Crippen molar-refractivity contribution in [1.82, 2.24) is 4.98 Å². The lowest BCUT2D eigenvalue weighted by molar-refractivity contribution is 0.0968. The molecule has 0 amide bonds. The normalized spacial score (nSPS) is 30.0. The Hall–Kier alpha value is -0.900. The van der Waals surface area contributed by atoms with Crippen LogP contribution in [0.3, 0.4) is 0 Å². The highest BCUT2D eigenvalue weighted by molar-refractivity contribution is 7.16. The van der Waals surface area contributed by atoms with Crippen LogP contribution in [0, 0.1) is 11.8 Å². The second-order valence-corrected chi connectivity index (χ2v) is 7.65. The number of nitrogens with zero attached hydrogens (tertiary/aromatic N) is 2. The highest BCUT2D eigenvalue weighted by atomic mass is 32.1. The van der Waals surface area contributed by atoms with E-state index in [1.165, 1.54) is 43.5 Å². The van der Waals surface area contributed by atoms with Crippen molar-refractivity contribution >= 4 is 22.3 Å². The van der Waals surface area contributed by atoms with Crippen molar-refractivity contribution in [1.29, 1.82) is 0 Å². The third-order valence-corrected chi connectivity index (χ3v) is 6.50. The lowest BCUT2D eigenvalue weighted by atomic mass is 9.75. The van der Waals surface area contributed by atoms with Crippen LogP contribution in [0.15, 0.2) is 0 Å². The van der Waals surface area contributed by atoms with Gasteiger partial charge in [-0.25, -0.2) is 4.98 Å². The maximum Gasteiger partial charge on any atom is 0.186 e. The molecule has 0 aromatic carbocycles. The molecule has 3 nitrogen and oxygen atoms in total. The van der Waals surface area contributed by atoms with Crippen molar-refractivity contribution in [2.24, 2.45) is 11.8 Å². The van der Waals surface area contributed by atoms with Gasteiger partial charge in [0, 0.05) is 24.4 Å². The average Bonchev–Trinajstić information content (AvgIpc) is 2.92. The first-order valence-electron chi connectivity index (χ1n) is 8.09. The Morgan fingerprint density at radius 3 is 2.75 bits per heavy atom. The number of aromatic nitrogens is 1. The van der Waals surface area contributed by atoms with Gasteiger partial charge < -0.3 is 4.90 Å². The average molecular weight is 290 g/mol. The number of anilines is 1. The molecule has 108 valence electrons. The van der Waals surface area contributed by atoms with Crippen LogP contribution in [-0.2, 0) is 6.42 Å². The van der Waals surface area contributed by atoms with E-state index in [9.17, 15) is 4.79 Å². The summed E-state index contributed by atoms with van der Waals surface area (Å²) in [5.74, 6) is 2.09. The quantitative estimate of drug-likeness (QED) is 0.791. The van der Waals surface area contributed by atoms with Gasteiger partial charge in [-0.3, -0.25) is 4.79 Å². The number of fused-ring (bicyclic) bond motifs is 2. The largest absolute Gasteiger partial charge is 0.348 e. The van der Waals surface area contributed by atoms with Gasteiger partial charge in [-0.1, -0.05) is 19.3 Å². The molecular formula is C16H22N2OS. The molecule has 3 aliphatic rings. The lowest BCUT2D eigenvalue weighted by Gasteiger charge is -2.41. The third kappa shape index (κ3) is 2.18. The molecule has 0 radical (unpaired) electrons. The summed E-state index contributed by atoms with van der Waals surface area (Å²) in [5, 5.41) is 1.12. The zero-order valence-corrected chi connectivity index (χ0v) is 12.8. The molecule has 2 aliphatic carbocycles. The molecule has 0 N–H and O–H groups in total. The predicted octanol–water partition coefficient (Wildman–Crippen LogP) is 3.68. The fourth-order valence-electron chi connectivity index (χ4n) is 4.16. The molecule has 2 unspecified atom stereocenters. The Balaban J connectivity index is 1.54. The minimum Gasteiger partial charge on any atom is -0.348 e. The minimum absolute atomic E-state index is 0.265. The number of carbonyl (C=O) groups is 1. The number of Topliss-reactive ketones (excluding diaryl/α,β-unsaturated/α-hetero) is 1. The molecule has 1 aromatic rings. The van der Waals surface area contributed by atoms with Crippen LogP contribution < -0.4 is 4.90 Å². The number of aryl methyl sites for hydroxylation is 1. The standard InChI is InChI=1S/C16H22N2OS/c19-13-6-3-7-14-15(13)17-16(20-14)18-9-8-11-4-1-2-5-12(11)10-18/h11-12H,1-10H2. The number of carbonyl (C=O) groups excluding carboxylic acids is 1. The van der Waals surface area contributed by atoms with Crippen LogP contribution >= 0.6 is 11.3 Å². The van der Waals surface area contributed by atoms with E-state index in [-0.39, 0.29) is 5.78 Å². The smallest absolute Gasteiger partial charge is 0.186 e. The number of hydrogen-bond donors (Lipinski definition) is 0. The summed E-state index contributed by atoms with van der Waals surface area (Å²) < 4.78 is 0. The van der Waals surface area contributed by atoms with Gasteiger partial charge in [-0.05, 0) is 37.5 Å². The van der Waals surface area contributed by atoms with Gasteiger partial charge in [-0.2, -0.15) is 0 Å². The third-order valence-electron chi connectivity index (χ3n) is 5.32. The maximum atomic E-state index is 11.9. The highest BCUT2D eigenvalue weighted by Gasteiger charge is 2.33. The van der Waals surface area contributed by atoms with Crippen molar-refractivity contribution in [2.75, 3.05) is 18.0 Å². The Kier molecular flexibility index (Phi) is 3.29. The lowest BCUT2D eigenvalue weighted by Crippen LogP contribution is -2.41. The van der Waals surface area contributed by atoms with Crippen molar-refractivity contribution in [3.05, 3.63) is 10.6 Å². The predicted molar refractivity (Wildman–Crippen MR) is 81.7 cm³/mol. The molecule has 2 atom stereocenters. The molecule has 1 saturated heterocycles. The fraction of sp³-hybridized carbons (Fsp3) is 0.750. The monoisotopic (exact) mass is 290 g/mol. The van der Waals surface area contributed by atoms with Gasteiger partial charge in [0.05, 0.1) is 0 Å². The topological polar surface area (TPSA) is 33.2 Å². The molecule has 1 aromatic heterocycles. The van der Waals surface area contributed by atoms with Crippen LogP contribution in [0.2, 0.25) is 0 Å². The van der Waals surface area contributed by atoms with Gasteiger partial charge in [0.2, 0.25) is 0 Å². The number of hydrogen-bond acceptors (Lipinski definition) is 4. The number of rotatable bonds is 1. The van der Waals surface area contributed by atoms with Crippen LogP contribution in [0.25, 0.3) is 0 Å². The maximum absolute atomic E-state index is 11.9. The van der Waals surface area contributed by atoms with E-state index < -0.39 is 0 Å².